The summed E-state index contributed by atoms with van der Waals surface area (Å²) in [5, 5.41) is 2.93. The third-order valence-corrected chi connectivity index (χ3v) is 7.93. The number of hydrogen-bond donors (Lipinski definition) is 0. The molecule has 0 aliphatic carbocycles. The number of hydrogen-bond acceptors (Lipinski definition) is 5. The summed E-state index contributed by atoms with van der Waals surface area (Å²) in [6.07, 6.45) is 0. The molecule has 11 heteroatoms. The van der Waals surface area contributed by atoms with E-state index in [-0.39, 0.29) is 37.8 Å². The van der Waals surface area contributed by atoms with Gasteiger partial charge in [0, 0.05) is 48.2 Å². The summed E-state index contributed by atoms with van der Waals surface area (Å²) in [4.78, 5) is 18.1. The van der Waals surface area contributed by atoms with E-state index in [1.54, 1.807) is 17.5 Å². The molecule has 0 spiro atoms. The number of amides is 1. The Hall–Kier alpha value is -2.40. The number of halogens is 3. The fourth-order valence-electron chi connectivity index (χ4n) is 3.21. The van der Waals surface area contributed by atoms with Gasteiger partial charge in [-0.1, -0.05) is 23.7 Å². The highest BCUT2D eigenvalue weighted by atomic mass is 35.5. The van der Waals surface area contributed by atoms with E-state index >= 15 is 0 Å². The predicted octanol–water partition coefficient (Wildman–Crippen LogP) is 3.89. The molecule has 1 saturated heterocycles. The first kappa shape index (κ1) is 21.8. The molecule has 0 radical (unpaired) electrons. The first-order valence-electron chi connectivity index (χ1n) is 9.21. The lowest BCUT2D eigenvalue weighted by Gasteiger charge is -2.33. The average molecular weight is 484 g/mol. The fourth-order valence-corrected chi connectivity index (χ4v) is 5.61. The van der Waals surface area contributed by atoms with E-state index in [1.165, 1.54) is 16.2 Å². The lowest BCUT2D eigenvalue weighted by Crippen LogP contribution is -2.50. The highest BCUT2D eigenvalue weighted by Crippen LogP contribution is 2.26. The van der Waals surface area contributed by atoms with Crippen LogP contribution < -0.4 is 0 Å². The van der Waals surface area contributed by atoms with Gasteiger partial charge in [-0.15, -0.1) is 11.3 Å². The second-order valence-corrected chi connectivity index (χ2v) is 10.0. The van der Waals surface area contributed by atoms with Crippen molar-refractivity contribution in [1.82, 2.24) is 14.2 Å². The maximum absolute atomic E-state index is 14.0. The molecular formula is C20H16ClF2N3O3S2. The fraction of sp³-hybridized carbons (Fsp3) is 0.200. The number of benzene rings is 2. The zero-order chi connectivity index (χ0) is 22.2. The summed E-state index contributed by atoms with van der Waals surface area (Å²) in [5.74, 6) is -2.30. The predicted molar refractivity (Wildman–Crippen MR) is 114 cm³/mol. The second-order valence-electron chi connectivity index (χ2n) is 6.82. The molecule has 31 heavy (non-hydrogen) atoms. The van der Waals surface area contributed by atoms with Crippen LogP contribution in [0.3, 0.4) is 0 Å². The third kappa shape index (κ3) is 4.47. The van der Waals surface area contributed by atoms with Gasteiger partial charge < -0.3 is 4.90 Å². The molecule has 0 saturated carbocycles. The number of sulfonamides is 1. The van der Waals surface area contributed by atoms with Gasteiger partial charge in [-0.2, -0.15) is 4.31 Å². The van der Waals surface area contributed by atoms with Crippen LogP contribution in [0.15, 0.2) is 52.7 Å². The van der Waals surface area contributed by atoms with Gasteiger partial charge in [0.05, 0.1) is 0 Å². The molecule has 1 aliphatic rings. The van der Waals surface area contributed by atoms with Gasteiger partial charge in [0.2, 0.25) is 10.0 Å². The van der Waals surface area contributed by atoms with Crippen molar-refractivity contribution in [2.75, 3.05) is 26.2 Å². The van der Waals surface area contributed by atoms with Crippen molar-refractivity contribution in [1.29, 1.82) is 0 Å². The topological polar surface area (TPSA) is 70.6 Å². The van der Waals surface area contributed by atoms with Crippen molar-refractivity contribution < 1.29 is 22.0 Å². The average Bonchev–Trinajstić information content (AvgIpc) is 3.24. The van der Waals surface area contributed by atoms with Crippen LogP contribution in [0.4, 0.5) is 8.78 Å². The van der Waals surface area contributed by atoms with E-state index in [0.717, 1.165) is 22.0 Å². The molecule has 0 N–H and O–H groups in total. The van der Waals surface area contributed by atoms with Crippen LogP contribution in [0.1, 0.15) is 10.5 Å². The number of rotatable bonds is 4. The number of aromatic nitrogens is 1. The van der Waals surface area contributed by atoms with Crippen molar-refractivity contribution >= 4 is 38.9 Å². The van der Waals surface area contributed by atoms with Gasteiger partial charge in [0.15, 0.2) is 0 Å². The molecule has 0 unspecified atom stereocenters. The molecule has 0 bridgehead atoms. The van der Waals surface area contributed by atoms with Crippen LogP contribution in [0.5, 0.6) is 0 Å². The maximum Gasteiger partial charge on any atom is 0.273 e. The van der Waals surface area contributed by atoms with Gasteiger partial charge in [-0.3, -0.25) is 4.79 Å². The lowest BCUT2D eigenvalue weighted by molar-refractivity contribution is 0.0692. The minimum Gasteiger partial charge on any atom is -0.335 e. The van der Waals surface area contributed by atoms with Crippen molar-refractivity contribution in [3.05, 3.63) is 70.2 Å². The smallest absolute Gasteiger partial charge is 0.273 e. The van der Waals surface area contributed by atoms with Gasteiger partial charge in [0.1, 0.15) is 27.2 Å². The van der Waals surface area contributed by atoms with E-state index in [0.29, 0.717) is 16.1 Å². The summed E-state index contributed by atoms with van der Waals surface area (Å²) < 4.78 is 53.5. The van der Waals surface area contributed by atoms with E-state index in [1.807, 2.05) is 12.1 Å². The van der Waals surface area contributed by atoms with E-state index in [9.17, 15) is 22.0 Å². The van der Waals surface area contributed by atoms with Crippen molar-refractivity contribution in [3.63, 3.8) is 0 Å². The standard InChI is InChI=1S/C20H16ClF2N3O3S2/c21-14-3-1-13(2-4-14)19-24-17(12-30-19)20(27)25-7-9-26(10-8-25)31(28,29)18-6-5-15(22)11-16(18)23/h1-6,11-12H,7-10H2. The van der Waals surface area contributed by atoms with E-state index < -0.39 is 26.6 Å². The number of piperazine rings is 1. The van der Waals surface area contributed by atoms with E-state index in [2.05, 4.69) is 4.98 Å². The van der Waals surface area contributed by atoms with Crippen LogP contribution in [0, 0.1) is 11.6 Å². The number of nitrogens with zero attached hydrogens (tertiary/aromatic N) is 3. The molecular weight excluding hydrogens is 468 g/mol. The number of thiazole rings is 1. The summed E-state index contributed by atoms with van der Waals surface area (Å²) in [5.41, 5.74) is 1.11. The Bertz CT molecular complexity index is 1220. The summed E-state index contributed by atoms with van der Waals surface area (Å²) in [7, 11) is -4.13. The molecule has 0 atom stereocenters. The van der Waals surface area contributed by atoms with Crippen molar-refractivity contribution in [3.8, 4) is 10.6 Å². The zero-order valence-corrected chi connectivity index (χ0v) is 18.4. The Morgan fingerprint density at radius 3 is 2.35 bits per heavy atom. The lowest BCUT2D eigenvalue weighted by atomic mass is 10.2. The van der Waals surface area contributed by atoms with Crippen molar-refractivity contribution in [2.45, 2.75) is 4.90 Å². The van der Waals surface area contributed by atoms with Gasteiger partial charge >= 0.3 is 0 Å². The quantitative estimate of drug-likeness (QED) is 0.564. The summed E-state index contributed by atoms with van der Waals surface area (Å²) >= 11 is 7.22. The first-order chi connectivity index (χ1) is 14.8. The highest BCUT2D eigenvalue weighted by molar-refractivity contribution is 7.89. The molecule has 3 aromatic rings. The van der Waals surface area contributed by atoms with Crippen LogP contribution in [0.25, 0.3) is 10.6 Å². The molecule has 162 valence electrons. The number of carbonyl (C=O) groups is 1. The molecule has 1 fully saturated rings. The van der Waals surface area contributed by atoms with Crippen LogP contribution in [0.2, 0.25) is 5.02 Å². The zero-order valence-electron chi connectivity index (χ0n) is 16.0. The monoisotopic (exact) mass is 483 g/mol. The van der Waals surface area contributed by atoms with Gasteiger partial charge in [0.25, 0.3) is 5.91 Å². The first-order valence-corrected chi connectivity index (χ1v) is 11.9. The minimum atomic E-state index is -4.13. The second kappa shape index (κ2) is 8.62. The SMILES string of the molecule is O=C(c1csc(-c2ccc(Cl)cc2)n1)N1CCN(S(=O)(=O)c2ccc(F)cc2F)CC1. The maximum atomic E-state index is 14.0. The largest absolute Gasteiger partial charge is 0.335 e. The van der Waals surface area contributed by atoms with Crippen LogP contribution in [-0.4, -0.2) is 54.7 Å². The van der Waals surface area contributed by atoms with E-state index in [4.69, 9.17) is 11.6 Å². The van der Waals surface area contributed by atoms with Gasteiger partial charge in [-0.25, -0.2) is 22.2 Å². The normalized spacial score (nSPS) is 15.3. The van der Waals surface area contributed by atoms with Crippen LogP contribution >= 0.6 is 22.9 Å². The molecule has 2 heterocycles. The molecule has 1 amide bonds. The Morgan fingerprint density at radius 1 is 1.03 bits per heavy atom. The highest BCUT2D eigenvalue weighted by Gasteiger charge is 2.32. The summed E-state index contributed by atoms with van der Waals surface area (Å²) in [6.45, 7) is 0.265. The molecule has 1 aromatic heterocycles. The van der Waals surface area contributed by atoms with Gasteiger partial charge in [-0.05, 0) is 24.3 Å². The molecule has 1 aliphatic heterocycles. The summed E-state index contributed by atoms with van der Waals surface area (Å²) in [6, 6.07) is 9.45. The molecule has 6 nitrogen and oxygen atoms in total. The molecule has 2 aromatic carbocycles. The Labute approximate surface area is 186 Å². The van der Waals surface area contributed by atoms with Crippen molar-refractivity contribution in [2.24, 2.45) is 0 Å². The Morgan fingerprint density at radius 2 is 1.71 bits per heavy atom. The Balaban J connectivity index is 1.44. The molecule has 4 rings (SSSR count). The third-order valence-electron chi connectivity index (χ3n) is 4.85. The number of carbonyl (C=O) groups excluding carboxylic acids is 1. The Kier molecular flexibility index (Phi) is 6.07. The minimum absolute atomic E-state index is 0.000924. The van der Waals surface area contributed by atoms with Crippen LogP contribution in [-0.2, 0) is 10.0 Å².